The number of imidazole rings is 1. The minimum atomic E-state index is 0.579. The van der Waals surface area contributed by atoms with E-state index >= 15 is 0 Å². The average Bonchev–Trinajstić information content (AvgIpc) is 2.94. The van der Waals surface area contributed by atoms with Gasteiger partial charge in [0.1, 0.15) is 11.3 Å². The fourth-order valence-corrected chi connectivity index (χ4v) is 1.73. The van der Waals surface area contributed by atoms with Gasteiger partial charge in [-0.25, -0.2) is 4.98 Å². The number of hydrogen-bond donors (Lipinski definition) is 0. The fraction of sp³-hybridized carbons (Fsp3) is 0.167. The van der Waals surface area contributed by atoms with E-state index in [-0.39, 0.29) is 0 Å². The Morgan fingerprint density at radius 3 is 3.00 bits per heavy atom. The number of hydrogen-bond acceptors (Lipinski definition) is 3. The van der Waals surface area contributed by atoms with Crippen LogP contribution in [0, 0.1) is 0 Å². The van der Waals surface area contributed by atoms with Gasteiger partial charge in [0.2, 0.25) is 0 Å². The molecule has 0 saturated carbocycles. The Labute approximate surface area is 92.6 Å². The maximum atomic E-state index is 5.67. The predicted molar refractivity (Wildman–Crippen MR) is 60.5 cm³/mol. The topological polar surface area (TPSA) is 43.9 Å². The van der Waals surface area contributed by atoms with Crippen molar-refractivity contribution in [2.24, 2.45) is 0 Å². The van der Waals surface area contributed by atoms with Crippen molar-refractivity contribution in [3.8, 4) is 6.01 Å². The van der Waals surface area contributed by atoms with Crippen LogP contribution in [-0.4, -0.2) is 14.5 Å². The molecule has 0 fully saturated rings. The molecular weight excluding hydrogens is 202 g/mol. The molecule has 3 aromatic rings. The summed E-state index contributed by atoms with van der Waals surface area (Å²) in [6, 6.07) is 8.31. The first-order valence-corrected chi connectivity index (χ1v) is 5.26. The molecule has 80 valence electrons. The number of aryl methyl sites for hydroxylation is 1. The summed E-state index contributed by atoms with van der Waals surface area (Å²) in [6.07, 6.45) is 4.48. The van der Waals surface area contributed by atoms with Crippen molar-refractivity contribution < 1.29 is 4.42 Å². The highest BCUT2D eigenvalue weighted by Gasteiger charge is 2.09. The monoisotopic (exact) mass is 213 g/mol. The second-order valence-electron chi connectivity index (χ2n) is 3.53. The second kappa shape index (κ2) is 3.48. The van der Waals surface area contributed by atoms with Gasteiger partial charge >= 0.3 is 6.01 Å². The molecule has 0 spiro atoms. The van der Waals surface area contributed by atoms with Crippen molar-refractivity contribution in [3.05, 3.63) is 42.5 Å². The molecule has 4 heteroatoms. The molecule has 2 heterocycles. The zero-order valence-corrected chi connectivity index (χ0v) is 8.92. The van der Waals surface area contributed by atoms with Crippen molar-refractivity contribution >= 4 is 11.1 Å². The smallest absolute Gasteiger partial charge is 0.308 e. The molecule has 1 aromatic carbocycles. The number of rotatable bonds is 2. The number of benzene rings is 1. The Morgan fingerprint density at radius 1 is 1.31 bits per heavy atom. The van der Waals surface area contributed by atoms with Crippen LogP contribution in [0.15, 0.2) is 41.1 Å². The van der Waals surface area contributed by atoms with Gasteiger partial charge in [-0.05, 0) is 12.1 Å². The molecule has 0 N–H and O–H groups in total. The zero-order valence-electron chi connectivity index (χ0n) is 8.92. The van der Waals surface area contributed by atoms with Crippen LogP contribution in [0.3, 0.4) is 0 Å². The maximum Gasteiger partial charge on any atom is 0.308 e. The van der Waals surface area contributed by atoms with Gasteiger partial charge in [0.05, 0.1) is 0 Å². The van der Waals surface area contributed by atoms with Gasteiger partial charge in [-0.2, -0.15) is 4.98 Å². The summed E-state index contributed by atoms with van der Waals surface area (Å²) >= 11 is 0. The zero-order chi connectivity index (χ0) is 11.0. The third-order valence-electron chi connectivity index (χ3n) is 2.52. The molecule has 0 aliphatic rings. The molecule has 16 heavy (non-hydrogen) atoms. The quantitative estimate of drug-likeness (QED) is 0.657. The van der Waals surface area contributed by atoms with Crippen LogP contribution >= 0.6 is 0 Å². The second-order valence-corrected chi connectivity index (χ2v) is 3.53. The minimum absolute atomic E-state index is 0.579. The Bertz CT molecular complexity index is 591. The summed E-state index contributed by atoms with van der Waals surface area (Å²) in [6.45, 7) is 2.06. The van der Waals surface area contributed by atoms with Crippen LogP contribution in [0.5, 0.6) is 0 Å². The minimum Gasteiger partial charge on any atom is -0.423 e. The summed E-state index contributed by atoms with van der Waals surface area (Å²) < 4.78 is 7.54. The van der Waals surface area contributed by atoms with Crippen LogP contribution in [0.25, 0.3) is 17.1 Å². The highest BCUT2D eigenvalue weighted by molar-refractivity contribution is 5.73. The van der Waals surface area contributed by atoms with Gasteiger partial charge < -0.3 is 4.42 Å². The molecule has 0 saturated heterocycles. The van der Waals surface area contributed by atoms with E-state index in [4.69, 9.17) is 4.42 Å². The van der Waals surface area contributed by atoms with Crippen LogP contribution in [0.2, 0.25) is 0 Å². The fourth-order valence-electron chi connectivity index (χ4n) is 1.73. The Balaban J connectivity index is 2.19. The summed E-state index contributed by atoms with van der Waals surface area (Å²) in [5.41, 5.74) is 1.67. The van der Waals surface area contributed by atoms with E-state index in [0.717, 1.165) is 23.3 Å². The van der Waals surface area contributed by atoms with Crippen molar-refractivity contribution in [2.75, 3.05) is 0 Å². The van der Waals surface area contributed by atoms with E-state index in [0.29, 0.717) is 6.01 Å². The van der Waals surface area contributed by atoms with Gasteiger partial charge in [-0.1, -0.05) is 19.1 Å². The molecule has 0 radical (unpaired) electrons. The first-order chi connectivity index (χ1) is 7.88. The van der Waals surface area contributed by atoms with Crippen molar-refractivity contribution in [3.63, 3.8) is 0 Å². The van der Waals surface area contributed by atoms with Crippen molar-refractivity contribution in [1.29, 1.82) is 0 Å². The summed E-state index contributed by atoms with van der Waals surface area (Å²) in [4.78, 5) is 8.66. The molecule has 0 bridgehead atoms. The maximum absolute atomic E-state index is 5.67. The van der Waals surface area contributed by atoms with Crippen molar-refractivity contribution in [2.45, 2.75) is 13.3 Å². The number of nitrogens with zero attached hydrogens (tertiary/aromatic N) is 3. The Morgan fingerprint density at radius 2 is 2.19 bits per heavy atom. The number of para-hydroxylation sites is 2. The molecule has 0 amide bonds. The highest BCUT2D eigenvalue weighted by atomic mass is 16.4. The molecule has 0 unspecified atom stereocenters. The lowest BCUT2D eigenvalue weighted by Crippen LogP contribution is -1.98. The molecule has 0 atom stereocenters. The average molecular weight is 213 g/mol. The Hall–Kier alpha value is -2.10. The van der Waals surface area contributed by atoms with Crippen LogP contribution in [0.1, 0.15) is 12.7 Å². The van der Waals surface area contributed by atoms with Crippen LogP contribution in [-0.2, 0) is 6.42 Å². The summed E-state index contributed by atoms with van der Waals surface area (Å²) in [5.74, 6) is 0.951. The third kappa shape index (κ3) is 1.31. The van der Waals surface area contributed by atoms with Gasteiger partial charge in [-0.15, -0.1) is 0 Å². The number of fused-ring (bicyclic) bond motifs is 1. The van der Waals surface area contributed by atoms with Gasteiger partial charge in [0, 0.05) is 18.8 Å². The highest BCUT2D eigenvalue weighted by Crippen LogP contribution is 2.18. The van der Waals surface area contributed by atoms with E-state index in [1.807, 2.05) is 35.0 Å². The molecule has 0 aliphatic carbocycles. The predicted octanol–water partition coefficient (Wildman–Crippen LogP) is 2.58. The Kier molecular flexibility index (Phi) is 1.99. The SMILES string of the molecule is CCc1nccn1-c1nc2ccccc2o1. The lowest BCUT2D eigenvalue weighted by molar-refractivity contribution is 0.556. The van der Waals surface area contributed by atoms with E-state index in [1.54, 1.807) is 6.20 Å². The molecule has 4 nitrogen and oxygen atoms in total. The summed E-state index contributed by atoms with van der Waals surface area (Å²) in [7, 11) is 0. The third-order valence-corrected chi connectivity index (χ3v) is 2.52. The van der Waals surface area contributed by atoms with E-state index in [1.165, 1.54) is 0 Å². The van der Waals surface area contributed by atoms with E-state index in [9.17, 15) is 0 Å². The molecular formula is C12H11N3O. The van der Waals surface area contributed by atoms with Gasteiger partial charge in [0.25, 0.3) is 0 Å². The first kappa shape index (κ1) is 9.15. The molecule has 3 rings (SSSR count). The number of aromatic nitrogens is 3. The number of oxazole rings is 1. The lowest BCUT2D eigenvalue weighted by Gasteiger charge is -1.98. The van der Waals surface area contributed by atoms with E-state index in [2.05, 4.69) is 16.9 Å². The normalized spacial score (nSPS) is 11.1. The van der Waals surface area contributed by atoms with Gasteiger partial charge in [-0.3, -0.25) is 4.57 Å². The van der Waals surface area contributed by atoms with Crippen molar-refractivity contribution in [1.82, 2.24) is 14.5 Å². The van der Waals surface area contributed by atoms with Gasteiger partial charge in [0.15, 0.2) is 5.58 Å². The summed E-state index contributed by atoms with van der Waals surface area (Å²) in [5, 5.41) is 0. The standard InChI is InChI=1S/C12H11N3O/c1-2-11-13-7-8-15(11)12-14-9-5-3-4-6-10(9)16-12/h3-8H,2H2,1H3. The molecule has 0 aliphatic heterocycles. The molecule has 2 aromatic heterocycles. The largest absolute Gasteiger partial charge is 0.423 e. The lowest BCUT2D eigenvalue weighted by atomic mass is 10.3. The first-order valence-electron chi connectivity index (χ1n) is 5.26. The van der Waals surface area contributed by atoms with Crippen LogP contribution in [0.4, 0.5) is 0 Å². The van der Waals surface area contributed by atoms with E-state index < -0.39 is 0 Å². The van der Waals surface area contributed by atoms with Crippen LogP contribution < -0.4 is 0 Å².